The molecular formula is C23H24N4O2. The standard InChI is InChI=1S/C23H24N4O2/c1-26(16-20-24-12-13-25-20)21(28)15-23(14-17-8-4-3-5-9-17)18-10-6-7-11-19(18)27(2)22(23)29/h3-13H,14-16H2,1-2H3,(H,24,25)/t23-/m1/s1. The third-order valence-electron chi connectivity index (χ3n) is 5.66. The van der Waals surface area contributed by atoms with Gasteiger partial charge < -0.3 is 14.8 Å². The Morgan fingerprint density at radius 1 is 1.14 bits per heavy atom. The van der Waals surface area contributed by atoms with Crippen molar-refractivity contribution in [1.29, 1.82) is 0 Å². The molecule has 1 aliphatic heterocycles. The molecule has 1 N–H and O–H groups in total. The van der Waals surface area contributed by atoms with E-state index in [1.165, 1.54) is 0 Å². The van der Waals surface area contributed by atoms with Crippen LogP contribution in [0.5, 0.6) is 0 Å². The van der Waals surface area contributed by atoms with Gasteiger partial charge in [0.25, 0.3) is 0 Å². The first-order valence-electron chi connectivity index (χ1n) is 9.65. The summed E-state index contributed by atoms with van der Waals surface area (Å²) in [4.78, 5) is 37.2. The third kappa shape index (κ3) is 3.42. The third-order valence-corrected chi connectivity index (χ3v) is 5.66. The number of anilines is 1. The van der Waals surface area contributed by atoms with Crippen LogP contribution in [0.4, 0.5) is 5.69 Å². The number of fused-ring (bicyclic) bond motifs is 1. The molecule has 1 atom stereocenters. The van der Waals surface area contributed by atoms with Crippen molar-refractivity contribution in [3.8, 4) is 0 Å². The Labute approximate surface area is 170 Å². The van der Waals surface area contributed by atoms with Gasteiger partial charge in [-0.2, -0.15) is 0 Å². The summed E-state index contributed by atoms with van der Waals surface area (Å²) in [7, 11) is 3.53. The molecule has 148 valence electrons. The Hall–Kier alpha value is -3.41. The average molecular weight is 388 g/mol. The monoisotopic (exact) mass is 388 g/mol. The van der Waals surface area contributed by atoms with Gasteiger partial charge in [0.1, 0.15) is 5.82 Å². The number of imidazole rings is 1. The molecule has 2 aromatic carbocycles. The molecule has 0 radical (unpaired) electrons. The highest BCUT2D eigenvalue weighted by Crippen LogP contribution is 2.45. The quantitative estimate of drug-likeness (QED) is 0.706. The highest BCUT2D eigenvalue weighted by molar-refractivity contribution is 6.09. The van der Waals surface area contributed by atoms with Crippen LogP contribution in [-0.2, 0) is 28.0 Å². The minimum Gasteiger partial charge on any atom is -0.347 e. The minimum absolute atomic E-state index is 0.0395. The Morgan fingerprint density at radius 3 is 2.59 bits per heavy atom. The molecule has 1 aliphatic rings. The van der Waals surface area contributed by atoms with Gasteiger partial charge in [0.05, 0.1) is 12.0 Å². The first-order valence-corrected chi connectivity index (χ1v) is 9.65. The van der Waals surface area contributed by atoms with E-state index in [1.54, 1.807) is 36.3 Å². The van der Waals surface area contributed by atoms with Crippen LogP contribution in [0.3, 0.4) is 0 Å². The number of nitrogens with one attached hydrogen (secondary N) is 1. The molecule has 4 rings (SSSR count). The number of aromatic nitrogens is 2. The van der Waals surface area contributed by atoms with Gasteiger partial charge in [-0.1, -0.05) is 48.5 Å². The molecule has 3 aromatic rings. The number of carbonyl (C=O) groups excluding carboxylic acids is 2. The number of nitrogens with zero attached hydrogens (tertiary/aromatic N) is 3. The van der Waals surface area contributed by atoms with Crippen molar-refractivity contribution in [3.05, 3.63) is 83.9 Å². The van der Waals surface area contributed by atoms with E-state index in [0.29, 0.717) is 18.8 Å². The number of benzene rings is 2. The Kier molecular flexibility index (Phi) is 4.92. The van der Waals surface area contributed by atoms with Crippen LogP contribution in [0.25, 0.3) is 0 Å². The highest BCUT2D eigenvalue weighted by Gasteiger charge is 2.51. The van der Waals surface area contributed by atoms with Gasteiger partial charge in [-0.25, -0.2) is 4.98 Å². The summed E-state index contributed by atoms with van der Waals surface area (Å²) in [5, 5.41) is 0. The lowest BCUT2D eigenvalue weighted by Crippen LogP contribution is -2.44. The van der Waals surface area contributed by atoms with E-state index >= 15 is 0 Å². The molecule has 0 fully saturated rings. The van der Waals surface area contributed by atoms with Crippen molar-refractivity contribution in [2.24, 2.45) is 0 Å². The molecule has 6 heteroatoms. The lowest BCUT2D eigenvalue weighted by Gasteiger charge is -2.30. The second-order valence-electron chi connectivity index (χ2n) is 7.59. The van der Waals surface area contributed by atoms with E-state index in [-0.39, 0.29) is 18.2 Å². The smallest absolute Gasteiger partial charge is 0.238 e. The number of amides is 2. The molecule has 0 unspecified atom stereocenters. The number of hydrogen-bond donors (Lipinski definition) is 1. The SMILES string of the molecule is CN(Cc1ncc[nH]1)C(=O)C[C@@]1(Cc2ccccc2)C(=O)N(C)c2ccccc21. The van der Waals surface area contributed by atoms with E-state index < -0.39 is 5.41 Å². The summed E-state index contributed by atoms with van der Waals surface area (Å²) in [6, 6.07) is 17.7. The zero-order valence-electron chi connectivity index (χ0n) is 16.6. The van der Waals surface area contributed by atoms with Crippen LogP contribution < -0.4 is 4.90 Å². The molecule has 29 heavy (non-hydrogen) atoms. The maximum Gasteiger partial charge on any atom is 0.238 e. The van der Waals surface area contributed by atoms with Crippen molar-refractivity contribution in [1.82, 2.24) is 14.9 Å². The van der Waals surface area contributed by atoms with Gasteiger partial charge in [0.2, 0.25) is 11.8 Å². The topological polar surface area (TPSA) is 69.3 Å². The first-order chi connectivity index (χ1) is 14.0. The Bertz CT molecular complexity index is 1020. The lowest BCUT2D eigenvalue weighted by molar-refractivity contribution is -0.135. The number of likely N-dealkylation sites (N-methyl/N-ethyl adjacent to an activating group) is 1. The molecule has 0 aliphatic carbocycles. The normalized spacial score (nSPS) is 18.0. The fraction of sp³-hybridized carbons (Fsp3) is 0.261. The predicted octanol–water partition coefficient (Wildman–Crippen LogP) is 2.92. The zero-order valence-corrected chi connectivity index (χ0v) is 16.6. The number of H-pyrrole nitrogens is 1. The van der Waals surface area contributed by atoms with Crippen molar-refractivity contribution in [2.45, 2.75) is 24.8 Å². The summed E-state index contributed by atoms with van der Waals surface area (Å²) in [6.07, 6.45) is 3.99. The molecule has 0 bridgehead atoms. The van der Waals surface area contributed by atoms with Crippen LogP contribution in [0.1, 0.15) is 23.4 Å². The molecule has 0 saturated carbocycles. The van der Waals surface area contributed by atoms with Gasteiger partial charge >= 0.3 is 0 Å². The molecule has 2 heterocycles. The summed E-state index contributed by atoms with van der Waals surface area (Å²) >= 11 is 0. The van der Waals surface area contributed by atoms with Crippen molar-refractivity contribution >= 4 is 17.5 Å². The van der Waals surface area contributed by atoms with Crippen molar-refractivity contribution in [3.63, 3.8) is 0 Å². The van der Waals surface area contributed by atoms with Crippen LogP contribution in [0.15, 0.2) is 67.0 Å². The largest absolute Gasteiger partial charge is 0.347 e. The molecule has 0 saturated heterocycles. The van der Waals surface area contributed by atoms with Crippen LogP contribution in [-0.4, -0.2) is 40.8 Å². The molecule has 2 amide bonds. The second kappa shape index (κ2) is 7.54. The minimum atomic E-state index is -0.915. The fourth-order valence-corrected chi connectivity index (χ4v) is 4.16. The molecular weight excluding hydrogens is 364 g/mol. The Balaban J connectivity index is 1.70. The van der Waals surface area contributed by atoms with Crippen molar-refractivity contribution < 1.29 is 9.59 Å². The van der Waals surface area contributed by atoms with E-state index in [4.69, 9.17) is 0 Å². The number of rotatable bonds is 6. The summed E-state index contributed by atoms with van der Waals surface area (Å²) in [6.45, 7) is 0.374. The first kappa shape index (κ1) is 18.9. The maximum atomic E-state index is 13.5. The predicted molar refractivity (Wildman–Crippen MR) is 111 cm³/mol. The average Bonchev–Trinajstić information content (AvgIpc) is 3.31. The number of para-hydroxylation sites is 1. The van der Waals surface area contributed by atoms with Gasteiger partial charge in [-0.05, 0) is 23.6 Å². The van der Waals surface area contributed by atoms with Crippen LogP contribution in [0, 0.1) is 0 Å². The van der Waals surface area contributed by atoms with Crippen LogP contribution in [0.2, 0.25) is 0 Å². The van der Waals surface area contributed by atoms with Gasteiger partial charge in [-0.15, -0.1) is 0 Å². The summed E-state index contributed by atoms with van der Waals surface area (Å²) < 4.78 is 0. The molecule has 1 aromatic heterocycles. The van der Waals surface area contributed by atoms with Gasteiger partial charge in [0.15, 0.2) is 0 Å². The maximum absolute atomic E-state index is 13.5. The zero-order chi connectivity index (χ0) is 20.4. The number of carbonyl (C=O) groups is 2. The summed E-state index contributed by atoms with van der Waals surface area (Å²) in [5.41, 5.74) is 1.90. The van der Waals surface area contributed by atoms with E-state index in [2.05, 4.69) is 9.97 Å². The highest BCUT2D eigenvalue weighted by atomic mass is 16.2. The molecule has 0 spiro atoms. The van der Waals surface area contributed by atoms with E-state index in [9.17, 15) is 9.59 Å². The fourth-order valence-electron chi connectivity index (χ4n) is 4.16. The Morgan fingerprint density at radius 2 is 1.86 bits per heavy atom. The number of aromatic amines is 1. The molecule has 6 nitrogen and oxygen atoms in total. The summed E-state index contributed by atoms with van der Waals surface area (Å²) in [5.74, 6) is 0.589. The van der Waals surface area contributed by atoms with E-state index in [0.717, 1.165) is 16.8 Å². The second-order valence-corrected chi connectivity index (χ2v) is 7.59. The van der Waals surface area contributed by atoms with Gasteiger partial charge in [-0.3, -0.25) is 9.59 Å². The van der Waals surface area contributed by atoms with Gasteiger partial charge in [0, 0.05) is 38.6 Å². The van der Waals surface area contributed by atoms with Crippen molar-refractivity contribution in [2.75, 3.05) is 19.0 Å². The number of hydrogen-bond acceptors (Lipinski definition) is 3. The lowest BCUT2D eigenvalue weighted by atomic mass is 9.73. The van der Waals surface area contributed by atoms with E-state index in [1.807, 2.05) is 54.6 Å². The van der Waals surface area contributed by atoms with Crippen LogP contribution >= 0.6 is 0 Å².